The van der Waals surface area contributed by atoms with Gasteiger partial charge in [0.1, 0.15) is 0 Å². The Morgan fingerprint density at radius 1 is 1.36 bits per heavy atom. The predicted octanol–water partition coefficient (Wildman–Crippen LogP) is 1.02. The summed E-state index contributed by atoms with van der Waals surface area (Å²) in [4.78, 5) is 12.1. The minimum atomic E-state index is -3.55. The molecule has 4 N–H and O–H groups in total. The lowest BCUT2D eigenvalue weighted by atomic mass is 10.1. The number of halogens is 1. The molecule has 0 saturated heterocycles. The minimum Gasteiger partial charge on any atom is -0.350 e. The molecule has 22 heavy (non-hydrogen) atoms. The highest BCUT2D eigenvalue weighted by Gasteiger charge is 2.28. The summed E-state index contributed by atoms with van der Waals surface area (Å²) in [6.07, 6.45) is 1.73. The Labute approximate surface area is 137 Å². The fourth-order valence-electron chi connectivity index (χ4n) is 1.70. The van der Waals surface area contributed by atoms with E-state index < -0.39 is 15.6 Å². The van der Waals surface area contributed by atoms with Crippen molar-refractivity contribution in [1.29, 1.82) is 0 Å². The first-order valence-electron chi connectivity index (χ1n) is 6.87. The van der Waals surface area contributed by atoms with Crippen LogP contribution in [0.15, 0.2) is 29.2 Å². The van der Waals surface area contributed by atoms with E-state index in [0.717, 1.165) is 12.8 Å². The van der Waals surface area contributed by atoms with Crippen molar-refractivity contribution in [2.45, 2.75) is 43.2 Å². The van der Waals surface area contributed by atoms with Gasteiger partial charge in [-0.15, -0.1) is 12.4 Å². The molecule has 1 aliphatic rings. The fourth-order valence-corrected chi connectivity index (χ4v) is 3.05. The zero-order chi connectivity index (χ0) is 15.7. The number of benzene rings is 1. The van der Waals surface area contributed by atoms with Gasteiger partial charge in [-0.25, -0.2) is 13.1 Å². The lowest BCUT2D eigenvalue weighted by Crippen LogP contribution is -2.45. The van der Waals surface area contributed by atoms with Gasteiger partial charge in [0.15, 0.2) is 0 Å². The van der Waals surface area contributed by atoms with Gasteiger partial charge in [-0.05, 0) is 44.9 Å². The fraction of sp³-hybridized carbons (Fsp3) is 0.500. The average Bonchev–Trinajstić information content (AvgIpc) is 3.18. The normalized spacial score (nSPS) is 15.0. The van der Waals surface area contributed by atoms with Crippen LogP contribution in [0.3, 0.4) is 0 Å². The summed E-state index contributed by atoms with van der Waals surface area (Å²) in [5.41, 5.74) is 5.58. The zero-order valence-electron chi connectivity index (χ0n) is 12.6. The molecule has 0 unspecified atom stereocenters. The van der Waals surface area contributed by atoms with Crippen molar-refractivity contribution in [3.8, 4) is 0 Å². The van der Waals surface area contributed by atoms with Crippen molar-refractivity contribution in [2.75, 3.05) is 6.54 Å². The third-order valence-electron chi connectivity index (χ3n) is 3.01. The molecule has 2 rings (SSSR count). The van der Waals surface area contributed by atoms with Crippen molar-refractivity contribution in [3.05, 3.63) is 29.8 Å². The van der Waals surface area contributed by atoms with Crippen molar-refractivity contribution in [3.63, 3.8) is 0 Å². The zero-order valence-corrected chi connectivity index (χ0v) is 14.3. The standard InChI is InChI=1S/C14H21N3O3S.ClH/c1-14(2,15)9-16-13(18)10-4-3-5-12(8-10)21(19,20)17-11-6-7-11;/h3-5,8,11,17H,6-7,9,15H2,1-2H3,(H,16,18);1H. The second-order valence-corrected chi connectivity index (χ2v) is 7.81. The van der Waals surface area contributed by atoms with E-state index in [4.69, 9.17) is 5.73 Å². The van der Waals surface area contributed by atoms with E-state index in [-0.39, 0.29) is 29.3 Å². The summed E-state index contributed by atoms with van der Waals surface area (Å²) in [6, 6.07) is 6.03. The Hall–Kier alpha value is -1.15. The summed E-state index contributed by atoms with van der Waals surface area (Å²) >= 11 is 0. The molecule has 8 heteroatoms. The van der Waals surface area contributed by atoms with Crippen LogP contribution in [0.5, 0.6) is 0 Å². The van der Waals surface area contributed by atoms with Crippen LogP contribution < -0.4 is 15.8 Å². The number of carbonyl (C=O) groups is 1. The molecule has 0 radical (unpaired) electrons. The molecular weight excluding hydrogens is 326 g/mol. The first kappa shape index (κ1) is 18.9. The molecule has 0 aliphatic heterocycles. The molecular formula is C14H22ClN3O3S. The number of sulfonamides is 1. The Morgan fingerprint density at radius 3 is 2.55 bits per heavy atom. The number of hydrogen-bond donors (Lipinski definition) is 3. The van der Waals surface area contributed by atoms with Crippen molar-refractivity contribution in [2.24, 2.45) is 5.73 Å². The van der Waals surface area contributed by atoms with E-state index in [2.05, 4.69) is 10.0 Å². The highest BCUT2D eigenvalue weighted by atomic mass is 35.5. The van der Waals surface area contributed by atoms with Crippen LogP contribution in [-0.2, 0) is 10.0 Å². The molecule has 1 aromatic rings. The summed E-state index contributed by atoms with van der Waals surface area (Å²) in [7, 11) is -3.55. The van der Waals surface area contributed by atoms with Gasteiger partial charge in [-0.1, -0.05) is 6.07 Å². The van der Waals surface area contributed by atoms with Crippen molar-refractivity contribution >= 4 is 28.3 Å². The summed E-state index contributed by atoms with van der Waals surface area (Å²) in [5.74, 6) is -0.336. The number of carbonyl (C=O) groups excluding carboxylic acids is 1. The van der Waals surface area contributed by atoms with Gasteiger partial charge in [-0.3, -0.25) is 4.79 Å². The highest BCUT2D eigenvalue weighted by Crippen LogP contribution is 2.22. The Kier molecular flexibility index (Phi) is 5.97. The van der Waals surface area contributed by atoms with Crippen LogP contribution >= 0.6 is 12.4 Å². The Bertz CT molecular complexity index is 637. The third kappa shape index (κ3) is 5.57. The van der Waals surface area contributed by atoms with Gasteiger partial charge in [0.25, 0.3) is 5.91 Å². The van der Waals surface area contributed by atoms with Crippen LogP contribution in [0, 0.1) is 0 Å². The van der Waals surface area contributed by atoms with Gasteiger partial charge in [0.05, 0.1) is 4.90 Å². The molecule has 1 aliphatic carbocycles. The molecule has 1 amide bonds. The van der Waals surface area contributed by atoms with Gasteiger partial charge in [0.2, 0.25) is 10.0 Å². The van der Waals surface area contributed by atoms with Crippen molar-refractivity contribution in [1.82, 2.24) is 10.0 Å². The molecule has 1 aromatic carbocycles. The SMILES string of the molecule is CC(C)(N)CNC(=O)c1cccc(S(=O)(=O)NC2CC2)c1.Cl. The summed E-state index contributed by atoms with van der Waals surface area (Å²) in [5, 5.41) is 2.69. The number of amides is 1. The molecule has 0 aromatic heterocycles. The predicted molar refractivity (Wildman–Crippen MR) is 87.6 cm³/mol. The van der Waals surface area contributed by atoms with Gasteiger partial charge in [-0.2, -0.15) is 0 Å². The molecule has 1 fully saturated rings. The first-order chi connectivity index (χ1) is 9.67. The maximum absolute atomic E-state index is 12.1. The van der Waals surface area contributed by atoms with Crippen LogP contribution in [-0.4, -0.2) is 32.5 Å². The van der Waals surface area contributed by atoms with E-state index in [1.165, 1.54) is 12.1 Å². The van der Waals surface area contributed by atoms with Crippen LogP contribution in [0.4, 0.5) is 0 Å². The molecule has 0 spiro atoms. The van der Waals surface area contributed by atoms with Crippen LogP contribution in [0.1, 0.15) is 37.0 Å². The molecule has 124 valence electrons. The molecule has 1 saturated carbocycles. The van der Waals surface area contributed by atoms with E-state index in [0.29, 0.717) is 12.1 Å². The summed E-state index contributed by atoms with van der Waals surface area (Å²) in [6.45, 7) is 3.91. The second kappa shape index (κ2) is 6.95. The third-order valence-corrected chi connectivity index (χ3v) is 4.53. The number of nitrogens with one attached hydrogen (secondary N) is 2. The van der Waals surface area contributed by atoms with E-state index >= 15 is 0 Å². The highest BCUT2D eigenvalue weighted by molar-refractivity contribution is 7.89. The van der Waals surface area contributed by atoms with E-state index in [9.17, 15) is 13.2 Å². The van der Waals surface area contributed by atoms with Gasteiger partial charge in [0, 0.05) is 23.7 Å². The monoisotopic (exact) mass is 347 g/mol. The number of rotatable bonds is 6. The minimum absolute atomic E-state index is 0. The van der Waals surface area contributed by atoms with Crippen LogP contribution in [0.25, 0.3) is 0 Å². The molecule has 0 heterocycles. The van der Waals surface area contributed by atoms with E-state index in [1.54, 1.807) is 26.0 Å². The second-order valence-electron chi connectivity index (χ2n) is 6.09. The first-order valence-corrected chi connectivity index (χ1v) is 8.35. The average molecular weight is 348 g/mol. The maximum atomic E-state index is 12.1. The van der Waals surface area contributed by atoms with E-state index in [1.807, 2.05) is 0 Å². The number of nitrogens with two attached hydrogens (primary N) is 1. The largest absolute Gasteiger partial charge is 0.350 e. The molecule has 0 bridgehead atoms. The topological polar surface area (TPSA) is 101 Å². The lowest BCUT2D eigenvalue weighted by molar-refractivity contribution is 0.0946. The maximum Gasteiger partial charge on any atom is 0.251 e. The van der Waals surface area contributed by atoms with Gasteiger partial charge < -0.3 is 11.1 Å². The molecule has 0 atom stereocenters. The van der Waals surface area contributed by atoms with Gasteiger partial charge >= 0.3 is 0 Å². The lowest BCUT2D eigenvalue weighted by Gasteiger charge is -2.19. The smallest absolute Gasteiger partial charge is 0.251 e. The Morgan fingerprint density at radius 2 is 2.00 bits per heavy atom. The van der Waals surface area contributed by atoms with Crippen molar-refractivity contribution < 1.29 is 13.2 Å². The Balaban J connectivity index is 0.00000242. The quantitative estimate of drug-likeness (QED) is 0.715. The number of hydrogen-bond acceptors (Lipinski definition) is 4. The summed E-state index contributed by atoms with van der Waals surface area (Å²) < 4.78 is 26.8. The molecule has 6 nitrogen and oxygen atoms in total. The van der Waals surface area contributed by atoms with Crippen LogP contribution in [0.2, 0.25) is 0 Å².